The molecule has 2 amide bonds. The molecule has 0 bridgehead atoms. The summed E-state index contributed by atoms with van der Waals surface area (Å²) < 4.78 is 14.1. The van der Waals surface area contributed by atoms with Crippen LogP contribution in [0.1, 0.15) is 16.7 Å². The number of carbonyl (C=O) groups excluding carboxylic acids is 2. The van der Waals surface area contributed by atoms with Crippen LogP contribution in [0.3, 0.4) is 0 Å². The molecule has 0 aromatic heterocycles. The van der Waals surface area contributed by atoms with Crippen molar-refractivity contribution in [1.29, 1.82) is 0 Å². The molecule has 0 saturated carbocycles. The minimum absolute atomic E-state index is 0.0259. The number of benzene rings is 3. The smallest absolute Gasteiger partial charge is 0.242 e. The third kappa shape index (κ3) is 7.61. The molecule has 0 fully saturated rings. The molecule has 0 unspecified atom stereocenters. The highest BCUT2D eigenvalue weighted by molar-refractivity contribution is 7.99. The van der Waals surface area contributed by atoms with E-state index in [1.165, 1.54) is 35.8 Å². The van der Waals surface area contributed by atoms with Crippen molar-refractivity contribution >= 4 is 58.4 Å². The molecule has 0 heterocycles. The first kappa shape index (κ1) is 27.3. The van der Waals surface area contributed by atoms with Crippen molar-refractivity contribution in [2.24, 2.45) is 0 Å². The molecule has 0 saturated heterocycles. The fourth-order valence-corrected chi connectivity index (χ4v) is 5.26. The number of nitrogens with one attached hydrogen (secondary N) is 1. The predicted molar refractivity (Wildman–Crippen MR) is 143 cm³/mol. The molecule has 9 heteroatoms. The maximum atomic E-state index is 14.1. The van der Waals surface area contributed by atoms with E-state index >= 15 is 0 Å². The Balaban J connectivity index is 1.86. The first-order valence-electron chi connectivity index (χ1n) is 10.8. The molecule has 0 aliphatic heterocycles. The van der Waals surface area contributed by atoms with Gasteiger partial charge in [-0.2, -0.15) is 0 Å². The van der Waals surface area contributed by atoms with Crippen LogP contribution in [0.4, 0.5) is 4.39 Å². The molecule has 1 N–H and O–H groups in total. The van der Waals surface area contributed by atoms with Gasteiger partial charge in [0.05, 0.1) is 5.75 Å². The van der Waals surface area contributed by atoms with Crippen LogP contribution in [-0.4, -0.2) is 35.6 Å². The number of rotatable bonds is 10. The Kier molecular flexibility index (Phi) is 10.3. The first-order valence-corrected chi connectivity index (χ1v) is 13.1. The zero-order valence-corrected chi connectivity index (χ0v) is 22.0. The lowest BCUT2D eigenvalue weighted by Gasteiger charge is -2.31. The van der Waals surface area contributed by atoms with Crippen molar-refractivity contribution in [2.75, 3.05) is 12.8 Å². The molecular weight excluding hydrogens is 530 g/mol. The van der Waals surface area contributed by atoms with Gasteiger partial charge in [0.15, 0.2) is 0 Å². The Hall–Kier alpha value is -2.25. The zero-order valence-electron chi connectivity index (χ0n) is 18.9. The van der Waals surface area contributed by atoms with Gasteiger partial charge in [-0.05, 0) is 35.4 Å². The molecule has 0 radical (unpaired) electrons. The SMILES string of the molecule is CNC(=O)[C@@H](Cc1ccccc1)N(Cc1ccc(Cl)cc1Cl)C(=O)CSCc1c(F)cccc1Cl. The molecule has 0 aliphatic rings. The van der Waals surface area contributed by atoms with Crippen LogP contribution in [0.15, 0.2) is 66.7 Å². The second kappa shape index (κ2) is 13.2. The molecule has 3 aromatic rings. The molecule has 3 rings (SSSR count). The summed E-state index contributed by atoms with van der Waals surface area (Å²) in [4.78, 5) is 27.9. The minimum atomic E-state index is -0.778. The monoisotopic (exact) mass is 552 g/mol. The Morgan fingerprint density at radius 1 is 1.00 bits per heavy atom. The maximum absolute atomic E-state index is 14.1. The lowest BCUT2D eigenvalue weighted by Crippen LogP contribution is -2.50. The largest absolute Gasteiger partial charge is 0.357 e. The zero-order chi connectivity index (χ0) is 25.4. The van der Waals surface area contributed by atoms with Gasteiger partial charge in [0.2, 0.25) is 11.8 Å². The number of halogens is 4. The highest BCUT2D eigenvalue weighted by atomic mass is 35.5. The van der Waals surface area contributed by atoms with Gasteiger partial charge >= 0.3 is 0 Å². The van der Waals surface area contributed by atoms with Crippen molar-refractivity contribution in [1.82, 2.24) is 10.2 Å². The summed E-state index contributed by atoms with van der Waals surface area (Å²) in [5, 5.41) is 3.85. The van der Waals surface area contributed by atoms with Crippen molar-refractivity contribution in [3.05, 3.63) is 104 Å². The molecule has 4 nitrogen and oxygen atoms in total. The average Bonchev–Trinajstić information content (AvgIpc) is 2.84. The van der Waals surface area contributed by atoms with Gasteiger partial charge in [0.25, 0.3) is 0 Å². The molecule has 3 aromatic carbocycles. The van der Waals surface area contributed by atoms with Crippen LogP contribution < -0.4 is 5.32 Å². The predicted octanol–water partition coefficient (Wildman–Crippen LogP) is 6.41. The van der Waals surface area contributed by atoms with E-state index in [-0.39, 0.29) is 29.9 Å². The summed E-state index contributed by atoms with van der Waals surface area (Å²) in [6, 6.07) is 18.2. The van der Waals surface area contributed by atoms with E-state index in [2.05, 4.69) is 5.32 Å². The third-order valence-corrected chi connectivity index (χ3v) is 7.29. The van der Waals surface area contributed by atoms with Gasteiger partial charge in [-0.3, -0.25) is 9.59 Å². The summed E-state index contributed by atoms with van der Waals surface area (Å²) >= 11 is 19.8. The van der Waals surface area contributed by atoms with Crippen LogP contribution in [0, 0.1) is 5.82 Å². The van der Waals surface area contributed by atoms with E-state index in [1.807, 2.05) is 30.3 Å². The Bertz CT molecular complexity index is 1160. The van der Waals surface area contributed by atoms with E-state index in [0.29, 0.717) is 32.6 Å². The fraction of sp³-hybridized carbons (Fsp3) is 0.231. The third-order valence-electron chi connectivity index (χ3n) is 5.41. The summed E-state index contributed by atoms with van der Waals surface area (Å²) in [6.45, 7) is 0.112. The quantitative estimate of drug-likeness (QED) is 0.316. The Labute approximate surface area is 223 Å². The number of thioether (sulfide) groups is 1. The number of hydrogen-bond donors (Lipinski definition) is 1. The van der Waals surface area contributed by atoms with Gasteiger partial charge in [0, 0.05) is 46.4 Å². The average molecular weight is 554 g/mol. The number of nitrogens with zero attached hydrogens (tertiary/aromatic N) is 1. The van der Waals surface area contributed by atoms with Crippen LogP contribution in [-0.2, 0) is 28.3 Å². The van der Waals surface area contributed by atoms with Gasteiger partial charge in [-0.1, -0.05) is 77.3 Å². The van der Waals surface area contributed by atoms with Crippen LogP contribution >= 0.6 is 46.6 Å². The molecule has 1 atom stereocenters. The fourth-order valence-electron chi connectivity index (χ4n) is 3.55. The highest BCUT2D eigenvalue weighted by Gasteiger charge is 2.30. The van der Waals surface area contributed by atoms with E-state index in [9.17, 15) is 14.0 Å². The summed E-state index contributed by atoms with van der Waals surface area (Å²) in [5.74, 6) is -0.754. The van der Waals surface area contributed by atoms with Crippen molar-refractivity contribution in [2.45, 2.75) is 24.8 Å². The van der Waals surface area contributed by atoms with Crippen molar-refractivity contribution < 1.29 is 14.0 Å². The number of likely N-dealkylation sites (N-methyl/N-ethyl adjacent to an activating group) is 1. The number of amides is 2. The standard InChI is InChI=1S/C26H24Cl3FN2O2S/c1-31-26(34)24(12-17-6-3-2-4-7-17)32(14-18-10-11-19(27)13-22(18)29)25(33)16-35-15-20-21(28)8-5-9-23(20)30/h2-11,13,24H,12,14-16H2,1H3,(H,31,34)/t24-/m1/s1. The van der Waals surface area contributed by atoms with Gasteiger partial charge < -0.3 is 10.2 Å². The van der Waals surface area contributed by atoms with Crippen LogP contribution in [0.5, 0.6) is 0 Å². The summed E-state index contributed by atoms with van der Waals surface area (Å²) in [5.41, 5.74) is 1.91. The van der Waals surface area contributed by atoms with Gasteiger partial charge in [0.1, 0.15) is 11.9 Å². The topological polar surface area (TPSA) is 49.4 Å². The second-order valence-corrected chi connectivity index (χ2v) is 10.0. The van der Waals surface area contributed by atoms with Crippen molar-refractivity contribution in [3.8, 4) is 0 Å². The number of hydrogen-bond acceptors (Lipinski definition) is 3. The molecule has 0 spiro atoms. The number of carbonyl (C=O) groups is 2. The van der Waals surface area contributed by atoms with Gasteiger partial charge in [-0.15, -0.1) is 11.8 Å². The van der Waals surface area contributed by atoms with Crippen molar-refractivity contribution in [3.63, 3.8) is 0 Å². The minimum Gasteiger partial charge on any atom is -0.357 e. The lowest BCUT2D eigenvalue weighted by molar-refractivity contribution is -0.139. The van der Waals surface area contributed by atoms with Crippen LogP contribution in [0.25, 0.3) is 0 Å². The van der Waals surface area contributed by atoms with E-state index in [4.69, 9.17) is 34.8 Å². The molecule has 184 valence electrons. The first-order chi connectivity index (χ1) is 16.8. The molecule has 35 heavy (non-hydrogen) atoms. The van der Waals surface area contributed by atoms with Crippen LogP contribution in [0.2, 0.25) is 15.1 Å². The summed E-state index contributed by atoms with van der Waals surface area (Å²) in [7, 11) is 1.53. The van der Waals surface area contributed by atoms with Gasteiger partial charge in [-0.25, -0.2) is 4.39 Å². The van der Waals surface area contributed by atoms with E-state index < -0.39 is 11.9 Å². The summed E-state index contributed by atoms with van der Waals surface area (Å²) in [6.07, 6.45) is 0.321. The lowest BCUT2D eigenvalue weighted by atomic mass is 10.0. The molecular formula is C26H24Cl3FN2O2S. The Morgan fingerprint density at radius 2 is 1.74 bits per heavy atom. The maximum Gasteiger partial charge on any atom is 0.242 e. The van der Waals surface area contributed by atoms with E-state index in [1.54, 1.807) is 24.3 Å². The normalized spacial score (nSPS) is 11.7. The second-order valence-electron chi connectivity index (χ2n) is 7.77. The Morgan fingerprint density at radius 3 is 2.40 bits per heavy atom. The highest BCUT2D eigenvalue weighted by Crippen LogP contribution is 2.27. The van der Waals surface area contributed by atoms with E-state index in [0.717, 1.165) is 5.56 Å². The molecule has 0 aliphatic carbocycles.